The minimum absolute atomic E-state index is 0.241. The van der Waals surface area contributed by atoms with Gasteiger partial charge in [-0.2, -0.15) is 0 Å². The number of carbonyl (C=O) groups excluding carboxylic acids is 1. The van der Waals surface area contributed by atoms with E-state index in [2.05, 4.69) is 18.2 Å². The van der Waals surface area contributed by atoms with E-state index >= 15 is 0 Å². The second-order valence-electron chi connectivity index (χ2n) is 3.59. The predicted molar refractivity (Wildman–Crippen MR) is 52.3 cm³/mol. The maximum Gasteiger partial charge on any atom is 0.330 e. The monoisotopic (exact) mass is 180 g/mol. The number of rotatable bonds is 1. The smallest absolute Gasteiger partial charge is 0.330 e. The molecular formula is C11H16O2. The Hall–Kier alpha value is -1.05. The van der Waals surface area contributed by atoms with E-state index in [1.54, 1.807) is 6.08 Å². The lowest BCUT2D eigenvalue weighted by molar-refractivity contribution is -0.134. The van der Waals surface area contributed by atoms with Crippen molar-refractivity contribution in [3.05, 3.63) is 23.8 Å². The minimum Gasteiger partial charge on any atom is -0.466 e. The largest absolute Gasteiger partial charge is 0.466 e. The van der Waals surface area contributed by atoms with Crippen LogP contribution in [0.3, 0.4) is 0 Å². The highest BCUT2D eigenvalue weighted by atomic mass is 16.5. The van der Waals surface area contributed by atoms with Crippen LogP contribution in [0, 0.1) is 5.92 Å². The molecule has 0 amide bonds. The predicted octanol–water partition coefficient (Wildman–Crippen LogP) is 2.46. The van der Waals surface area contributed by atoms with Crippen molar-refractivity contribution in [3.63, 3.8) is 0 Å². The molecule has 0 radical (unpaired) electrons. The summed E-state index contributed by atoms with van der Waals surface area (Å²) >= 11 is 0. The zero-order valence-electron chi connectivity index (χ0n) is 8.30. The molecular weight excluding hydrogens is 164 g/mol. The first-order chi connectivity index (χ1) is 6.13. The number of ether oxygens (including phenoxy) is 1. The van der Waals surface area contributed by atoms with Crippen molar-refractivity contribution < 1.29 is 9.53 Å². The zero-order chi connectivity index (χ0) is 9.84. The third kappa shape index (κ3) is 2.72. The topological polar surface area (TPSA) is 26.3 Å². The van der Waals surface area contributed by atoms with E-state index < -0.39 is 0 Å². The molecule has 1 aliphatic rings. The van der Waals surface area contributed by atoms with Crippen molar-refractivity contribution in [1.82, 2.24) is 0 Å². The van der Waals surface area contributed by atoms with Gasteiger partial charge in [-0.25, -0.2) is 4.79 Å². The van der Waals surface area contributed by atoms with Crippen LogP contribution in [-0.2, 0) is 9.53 Å². The summed E-state index contributed by atoms with van der Waals surface area (Å²) in [5.74, 6) is 0.263. The number of hydrogen-bond acceptors (Lipinski definition) is 2. The van der Waals surface area contributed by atoms with E-state index in [1.807, 2.05) is 0 Å². The Kier molecular flexibility index (Phi) is 3.29. The van der Waals surface area contributed by atoms with Crippen molar-refractivity contribution in [1.29, 1.82) is 0 Å². The Morgan fingerprint density at radius 3 is 2.85 bits per heavy atom. The molecule has 2 nitrogen and oxygen atoms in total. The van der Waals surface area contributed by atoms with E-state index in [4.69, 9.17) is 0 Å². The summed E-state index contributed by atoms with van der Waals surface area (Å²) in [6, 6.07) is 0. The van der Waals surface area contributed by atoms with Gasteiger partial charge in [-0.1, -0.05) is 24.6 Å². The van der Waals surface area contributed by atoms with E-state index in [0.29, 0.717) is 5.92 Å². The quantitative estimate of drug-likeness (QED) is 0.352. The second-order valence-corrected chi connectivity index (χ2v) is 3.59. The van der Waals surface area contributed by atoms with Gasteiger partial charge in [0.2, 0.25) is 0 Å². The molecule has 1 fully saturated rings. The SMILES string of the molecule is C=C1CC/C(=C\C(=O)OC)C[C@H]1C. The molecule has 1 saturated carbocycles. The van der Waals surface area contributed by atoms with E-state index in [9.17, 15) is 4.79 Å². The highest BCUT2D eigenvalue weighted by Gasteiger charge is 2.16. The molecule has 1 rings (SSSR count). The fourth-order valence-electron chi connectivity index (χ4n) is 1.56. The highest BCUT2D eigenvalue weighted by Crippen LogP contribution is 2.31. The van der Waals surface area contributed by atoms with Gasteiger partial charge in [0, 0.05) is 6.08 Å². The molecule has 1 aliphatic carbocycles. The summed E-state index contributed by atoms with van der Waals surface area (Å²) < 4.78 is 4.58. The van der Waals surface area contributed by atoms with Crippen molar-refractivity contribution in [2.24, 2.45) is 5.92 Å². The van der Waals surface area contributed by atoms with E-state index in [1.165, 1.54) is 18.3 Å². The zero-order valence-corrected chi connectivity index (χ0v) is 8.30. The molecule has 13 heavy (non-hydrogen) atoms. The van der Waals surface area contributed by atoms with Gasteiger partial charge in [-0.15, -0.1) is 0 Å². The van der Waals surface area contributed by atoms with Gasteiger partial charge in [0.05, 0.1) is 7.11 Å². The molecule has 0 aromatic heterocycles. The Balaban J connectivity index is 2.59. The minimum atomic E-state index is -0.241. The van der Waals surface area contributed by atoms with Crippen molar-refractivity contribution in [2.75, 3.05) is 7.11 Å². The van der Waals surface area contributed by atoms with Crippen LogP contribution in [0.25, 0.3) is 0 Å². The van der Waals surface area contributed by atoms with Gasteiger partial charge in [0.15, 0.2) is 0 Å². The van der Waals surface area contributed by atoms with Crippen LogP contribution in [0.1, 0.15) is 26.2 Å². The van der Waals surface area contributed by atoms with Crippen molar-refractivity contribution >= 4 is 5.97 Å². The number of allylic oxidation sites excluding steroid dienone is 2. The number of esters is 1. The normalized spacial score (nSPS) is 26.2. The lowest BCUT2D eigenvalue weighted by Gasteiger charge is -2.22. The average molecular weight is 180 g/mol. The maximum atomic E-state index is 10.9. The fourth-order valence-corrected chi connectivity index (χ4v) is 1.56. The van der Waals surface area contributed by atoms with Gasteiger partial charge in [-0.3, -0.25) is 0 Å². The first kappa shape index (κ1) is 10.0. The Bertz CT molecular complexity index is 251. The Labute approximate surface area is 79.3 Å². The van der Waals surface area contributed by atoms with Crippen LogP contribution < -0.4 is 0 Å². The van der Waals surface area contributed by atoms with Crippen LogP contribution in [-0.4, -0.2) is 13.1 Å². The van der Waals surface area contributed by atoms with Crippen LogP contribution in [0.2, 0.25) is 0 Å². The number of carbonyl (C=O) groups is 1. The highest BCUT2D eigenvalue weighted by molar-refractivity contribution is 5.82. The van der Waals surface area contributed by atoms with Crippen LogP contribution in [0.5, 0.6) is 0 Å². The average Bonchev–Trinajstić information content (AvgIpc) is 2.11. The van der Waals surface area contributed by atoms with Gasteiger partial charge >= 0.3 is 5.97 Å². The molecule has 0 saturated heterocycles. The Morgan fingerprint density at radius 2 is 2.31 bits per heavy atom. The van der Waals surface area contributed by atoms with E-state index in [0.717, 1.165) is 19.3 Å². The number of hydrogen-bond donors (Lipinski definition) is 0. The third-order valence-corrected chi connectivity index (χ3v) is 2.56. The molecule has 0 heterocycles. The van der Waals surface area contributed by atoms with Crippen molar-refractivity contribution in [3.8, 4) is 0 Å². The van der Waals surface area contributed by atoms with Gasteiger partial charge < -0.3 is 4.74 Å². The summed E-state index contributed by atoms with van der Waals surface area (Å²) in [5, 5.41) is 0. The van der Waals surface area contributed by atoms with Gasteiger partial charge in [0.1, 0.15) is 0 Å². The molecule has 0 aromatic rings. The standard InChI is InChI=1S/C11H16O2/c1-8-4-5-10(6-9(8)2)7-11(12)13-3/h7,9H,1,4-6H2,2-3H3/b10-7+/t9-/m1/s1. The van der Waals surface area contributed by atoms with Crippen LogP contribution in [0.15, 0.2) is 23.8 Å². The summed E-state index contributed by atoms with van der Waals surface area (Å²) in [4.78, 5) is 10.9. The van der Waals surface area contributed by atoms with Gasteiger partial charge in [-0.05, 0) is 25.2 Å². The molecule has 0 bridgehead atoms. The molecule has 0 aliphatic heterocycles. The summed E-state index contributed by atoms with van der Waals surface area (Å²) in [6.07, 6.45) is 4.53. The van der Waals surface area contributed by atoms with Crippen LogP contribution in [0.4, 0.5) is 0 Å². The lowest BCUT2D eigenvalue weighted by Crippen LogP contribution is -2.09. The summed E-state index contributed by atoms with van der Waals surface area (Å²) in [6.45, 7) is 6.13. The third-order valence-electron chi connectivity index (χ3n) is 2.56. The summed E-state index contributed by atoms with van der Waals surface area (Å²) in [5.41, 5.74) is 2.48. The Morgan fingerprint density at radius 1 is 1.62 bits per heavy atom. The second kappa shape index (κ2) is 4.26. The van der Waals surface area contributed by atoms with Crippen LogP contribution >= 0.6 is 0 Å². The van der Waals surface area contributed by atoms with E-state index in [-0.39, 0.29) is 5.97 Å². The molecule has 1 atom stereocenters. The molecule has 2 heteroatoms. The van der Waals surface area contributed by atoms with Crippen molar-refractivity contribution in [2.45, 2.75) is 26.2 Å². The molecule has 0 unspecified atom stereocenters. The lowest BCUT2D eigenvalue weighted by atomic mass is 9.83. The summed E-state index contributed by atoms with van der Waals surface area (Å²) in [7, 11) is 1.41. The first-order valence-electron chi connectivity index (χ1n) is 4.58. The number of methoxy groups -OCH3 is 1. The molecule has 0 spiro atoms. The first-order valence-corrected chi connectivity index (χ1v) is 4.58. The molecule has 0 aromatic carbocycles. The maximum absolute atomic E-state index is 10.9. The fraction of sp³-hybridized carbons (Fsp3) is 0.545. The molecule has 72 valence electrons. The molecule has 0 N–H and O–H groups in total. The van der Waals surface area contributed by atoms with Gasteiger partial charge in [0.25, 0.3) is 0 Å².